The molecule has 1 aromatic carbocycles. The van der Waals surface area contributed by atoms with Crippen LogP contribution in [0.25, 0.3) is 0 Å². The van der Waals surface area contributed by atoms with Gasteiger partial charge in [-0.2, -0.15) is 0 Å². The lowest BCUT2D eigenvalue weighted by Gasteiger charge is -2.20. The molecule has 1 fully saturated rings. The molecule has 2 rings (SSSR count). The molecular formula is C15H23NO2. The summed E-state index contributed by atoms with van der Waals surface area (Å²) in [6.45, 7) is 4.44. The second-order valence-electron chi connectivity index (χ2n) is 5.33. The maximum Gasteiger partial charge on any atom is 0.124 e. The van der Waals surface area contributed by atoms with E-state index in [2.05, 4.69) is 37.4 Å². The van der Waals surface area contributed by atoms with Gasteiger partial charge in [-0.3, -0.25) is 0 Å². The SMILES string of the molecule is COc1cc(C(C)C)ccc1C(CO)NC1CC1. The van der Waals surface area contributed by atoms with Gasteiger partial charge < -0.3 is 15.2 Å². The number of aliphatic hydroxyl groups is 1. The van der Waals surface area contributed by atoms with E-state index in [-0.39, 0.29) is 12.6 Å². The first-order valence-electron chi connectivity index (χ1n) is 6.70. The molecule has 0 amide bonds. The van der Waals surface area contributed by atoms with Gasteiger partial charge in [0.2, 0.25) is 0 Å². The Bertz CT molecular complexity index is 399. The Morgan fingerprint density at radius 1 is 1.39 bits per heavy atom. The number of ether oxygens (including phenoxy) is 1. The summed E-state index contributed by atoms with van der Waals surface area (Å²) in [7, 11) is 1.69. The van der Waals surface area contributed by atoms with Crippen LogP contribution >= 0.6 is 0 Å². The summed E-state index contributed by atoms with van der Waals surface area (Å²) in [4.78, 5) is 0. The maximum atomic E-state index is 9.54. The van der Waals surface area contributed by atoms with Crippen LogP contribution in [0.3, 0.4) is 0 Å². The Labute approximate surface area is 109 Å². The first kappa shape index (κ1) is 13.4. The van der Waals surface area contributed by atoms with Gasteiger partial charge in [0.1, 0.15) is 5.75 Å². The molecule has 1 aromatic rings. The molecule has 0 spiro atoms. The van der Waals surface area contributed by atoms with Crippen molar-refractivity contribution in [2.45, 2.75) is 44.7 Å². The van der Waals surface area contributed by atoms with E-state index in [0.717, 1.165) is 11.3 Å². The fourth-order valence-electron chi connectivity index (χ4n) is 2.15. The topological polar surface area (TPSA) is 41.5 Å². The van der Waals surface area contributed by atoms with Crippen LogP contribution in [0.1, 0.15) is 49.8 Å². The van der Waals surface area contributed by atoms with Gasteiger partial charge in [-0.25, -0.2) is 0 Å². The third-order valence-electron chi connectivity index (χ3n) is 3.50. The number of hydrogen-bond donors (Lipinski definition) is 2. The normalized spacial score (nSPS) is 16.9. The van der Waals surface area contributed by atoms with Crippen molar-refractivity contribution in [1.29, 1.82) is 0 Å². The fraction of sp³-hybridized carbons (Fsp3) is 0.600. The lowest BCUT2D eigenvalue weighted by molar-refractivity contribution is 0.240. The van der Waals surface area contributed by atoms with Crippen LogP contribution in [0.2, 0.25) is 0 Å². The smallest absolute Gasteiger partial charge is 0.124 e. The standard InChI is InChI=1S/C15H23NO2/c1-10(2)11-4-7-13(15(8-11)18-3)14(9-17)16-12-5-6-12/h4,7-8,10,12,14,16-17H,5-6,9H2,1-3H3. The van der Waals surface area contributed by atoms with E-state index < -0.39 is 0 Å². The zero-order valence-electron chi connectivity index (χ0n) is 11.4. The Morgan fingerprint density at radius 3 is 2.61 bits per heavy atom. The molecule has 3 nitrogen and oxygen atoms in total. The molecule has 1 unspecified atom stereocenters. The lowest BCUT2D eigenvalue weighted by Crippen LogP contribution is -2.26. The van der Waals surface area contributed by atoms with E-state index in [0.29, 0.717) is 12.0 Å². The predicted molar refractivity (Wildman–Crippen MR) is 73.1 cm³/mol. The molecule has 0 heterocycles. The molecule has 0 bridgehead atoms. The molecule has 0 radical (unpaired) electrons. The molecule has 1 aliphatic carbocycles. The van der Waals surface area contributed by atoms with Crippen LogP contribution in [0.4, 0.5) is 0 Å². The maximum absolute atomic E-state index is 9.54. The van der Waals surface area contributed by atoms with Gasteiger partial charge in [0.25, 0.3) is 0 Å². The quantitative estimate of drug-likeness (QED) is 0.814. The van der Waals surface area contributed by atoms with E-state index in [9.17, 15) is 5.11 Å². The fourth-order valence-corrected chi connectivity index (χ4v) is 2.15. The minimum atomic E-state index is -0.0198. The Kier molecular flexibility index (Phi) is 4.25. The van der Waals surface area contributed by atoms with Gasteiger partial charge >= 0.3 is 0 Å². The second kappa shape index (κ2) is 5.72. The summed E-state index contributed by atoms with van der Waals surface area (Å²) in [5, 5.41) is 13.0. The molecule has 100 valence electrons. The van der Waals surface area contributed by atoms with E-state index in [1.807, 2.05) is 0 Å². The summed E-state index contributed by atoms with van der Waals surface area (Å²) in [6, 6.07) is 6.83. The molecule has 1 saturated carbocycles. The van der Waals surface area contributed by atoms with Crippen molar-refractivity contribution in [1.82, 2.24) is 5.32 Å². The van der Waals surface area contributed by atoms with Gasteiger partial charge in [0.15, 0.2) is 0 Å². The largest absolute Gasteiger partial charge is 0.496 e. The molecule has 1 aliphatic rings. The van der Waals surface area contributed by atoms with Crippen molar-refractivity contribution >= 4 is 0 Å². The molecule has 1 atom stereocenters. The molecule has 2 N–H and O–H groups in total. The summed E-state index contributed by atoms with van der Waals surface area (Å²) < 4.78 is 5.47. The summed E-state index contributed by atoms with van der Waals surface area (Å²) in [5.74, 6) is 1.35. The molecule has 0 saturated heterocycles. The summed E-state index contributed by atoms with van der Waals surface area (Å²) >= 11 is 0. The average Bonchev–Trinajstić information content (AvgIpc) is 3.19. The molecular weight excluding hydrogens is 226 g/mol. The molecule has 0 aliphatic heterocycles. The number of rotatable bonds is 6. The van der Waals surface area contributed by atoms with Crippen molar-refractivity contribution in [2.75, 3.05) is 13.7 Å². The van der Waals surface area contributed by atoms with Gasteiger partial charge in [-0.15, -0.1) is 0 Å². The van der Waals surface area contributed by atoms with Crippen LogP contribution < -0.4 is 10.1 Å². The third-order valence-corrected chi connectivity index (χ3v) is 3.50. The van der Waals surface area contributed by atoms with Gasteiger partial charge in [-0.1, -0.05) is 26.0 Å². The van der Waals surface area contributed by atoms with Crippen LogP contribution in [-0.4, -0.2) is 24.9 Å². The molecule has 3 heteroatoms. The minimum absolute atomic E-state index is 0.0198. The monoisotopic (exact) mass is 249 g/mol. The minimum Gasteiger partial charge on any atom is -0.496 e. The van der Waals surface area contributed by atoms with Crippen LogP contribution in [0.15, 0.2) is 18.2 Å². The Morgan fingerprint density at radius 2 is 2.11 bits per heavy atom. The first-order chi connectivity index (χ1) is 8.65. The lowest BCUT2D eigenvalue weighted by atomic mass is 9.98. The van der Waals surface area contributed by atoms with Crippen molar-refractivity contribution in [3.8, 4) is 5.75 Å². The highest BCUT2D eigenvalue weighted by molar-refractivity contribution is 5.41. The zero-order valence-corrected chi connectivity index (χ0v) is 11.4. The highest BCUT2D eigenvalue weighted by atomic mass is 16.5. The Balaban J connectivity index is 2.23. The van der Waals surface area contributed by atoms with E-state index >= 15 is 0 Å². The highest BCUT2D eigenvalue weighted by Crippen LogP contribution is 2.31. The summed E-state index contributed by atoms with van der Waals surface area (Å²) in [6.07, 6.45) is 2.42. The second-order valence-corrected chi connectivity index (χ2v) is 5.33. The molecule has 18 heavy (non-hydrogen) atoms. The van der Waals surface area contributed by atoms with Crippen LogP contribution in [0, 0.1) is 0 Å². The number of benzene rings is 1. The number of nitrogens with one attached hydrogen (secondary N) is 1. The van der Waals surface area contributed by atoms with Crippen molar-refractivity contribution in [3.63, 3.8) is 0 Å². The average molecular weight is 249 g/mol. The van der Waals surface area contributed by atoms with Gasteiger partial charge in [0, 0.05) is 11.6 Å². The van der Waals surface area contributed by atoms with Crippen LogP contribution in [0.5, 0.6) is 5.75 Å². The van der Waals surface area contributed by atoms with Crippen molar-refractivity contribution < 1.29 is 9.84 Å². The van der Waals surface area contributed by atoms with Crippen LogP contribution in [-0.2, 0) is 0 Å². The first-order valence-corrected chi connectivity index (χ1v) is 6.70. The summed E-state index contributed by atoms with van der Waals surface area (Å²) in [5.41, 5.74) is 2.31. The van der Waals surface area contributed by atoms with Crippen molar-refractivity contribution in [2.24, 2.45) is 0 Å². The predicted octanol–water partition coefficient (Wildman–Crippen LogP) is 2.60. The molecule has 0 aromatic heterocycles. The number of hydrogen-bond acceptors (Lipinski definition) is 3. The van der Waals surface area contributed by atoms with Gasteiger partial charge in [0.05, 0.1) is 19.8 Å². The van der Waals surface area contributed by atoms with Crippen molar-refractivity contribution in [3.05, 3.63) is 29.3 Å². The zero-order chi connectivity index (χ0) is 13.1. The number of aliphatic hydroxyl groups excluding tert-OH is 1. The Hall–Kier alpha value is -1.06. The number of methoxy groups -OCH3 is 1. The van der Waals surface area contributed by atoms with E-state index in [4.69, 9.17) is 4.74 Å². The third kappa shape index (κ3) is 3.03. The van der Waals surface area contributed by atoms with Gasteiger partial charge in [-0.05, 0) is 30.4 Å². The van der Waals surface area contributed by atoms with E-state index in [1.165, 1.54) is 18.4 Å². The van der Waals surface area contributed by atoms with E-state index in [1.54, 1.807) is 7.11 Å². The highest BCUT2D eigenvalue weighted by Gasteiger charge is 2.26.